The number of nitriles is 1. The van der Waals surface area contributed by atoms with E-state index in [0.29, 0.717) is 36.7 Å². The molecule has 146 valence electrons. The van der Waals surface area contributed by atoms with Gasteiger partial charge in [-0.05, 0) is 38.0 Å². The van der Waals surface area contributed by atoms with Gasteiger partial charge in [0.2, 0.25) is 5.91 Å². The summed E-state index contributed by atoms with van der Waals surface area (Å²) >= 11 is 2.82. The normalized spacial score (nSPS) is 12.8. The molecule has 1 aromatic heterocycles. The Labute approximate surface area is 172 Å². The molecule has 1 aliphatic heterocycles. The molecule has 3 rings (SSSR count). The maximum atomic E-state index is 12.4. The van der Waals surface area contributed by atoms with Crippen LogP contribution in [0.5, 0.6) is 0 Å². The molecule has 0 aliphatic carbocycles. The number of nitrogens with one attached hydrogen (secondary N) is 1. The molecule has 2 aromatic rings. The van der Waals surface area contributed by atoms with Crippen molar-refractivity contribution in [3.63, 3.8) is 0 Å². The van der Waals surface area contributed by atoms with E-state index in [-0.39, 0.29) is 17.8 Å². The first kappa shape index (κ1) is 20.2. The molecule has 0 bridgehead atoms. The van der Waals surface area contributed by atoms with Gasteiger partial charge >= 0.3 is 6.09 Å². The standard InChI is InChI=1S/C20H21N3O3S2/c1-3-26-20(25)23-9-8-15-16(10-21)19(28-17(15)11-23)22-18(24)12-27-14-6-4-13(2)5-7-14/h4-7H,3,8-9,11-12H2,1-2H3,(H,22,24). The van der Waals surface area contributed by atoms with Gasteiger partial charge in [-0.2, -0.15) is 5.26 Å². The number of amides is 2. The topological polar surface area (TPSA) is 82.4 Å². The van der Waals surface area contributed by atoms with Crippen LogP contribution in [-0.4, -0.2) is 35.8 Å². The zero-order valence-corrected chi connectivity index (χ0v) is 17.4. The van der Waals surface area contributed by atoms with E-state index in [0.717, 1.165) is 15.3 Å². The highest BCUT2D eigenvalue weighted by Gasteiger charge is 2.28. The second-order valence-electron chi connectivity index (χ2n) is 6.34. The summed E-state index contributed by atoms with van der Waals surface area (Å²) < 4.78 is 5.06. The van der Waals surface area contributed by atoms with Gasteiger partial charge in [0.1, 0.15) is 11.1 Å². The van der Waals surface area contributed by atoms with E-state index in [1.54, 1.807) is 11.8 Å². The maximum absolute atomic E-state index is 12.4. The van der Waals surface area contributed by atoms with Crippen LogP contribution in [0, 0.1) is 18.3 Å². The lowest BCUT2D eigenvalue weighted by Crippen LogP contribution is -2.35. The predicted octanol–water partition coefficient (Wildman–Crippen LogP) is 4.17. The molecular formula is C20H21N3O3S2. The number of benzene rings is 1. The number of carbonyl (C=O) groups excluding carboxylic acids is 2. The number of nitrogens with zero attached hydrogens (tertiary/aromatic N) is 2. The van der Waals surface area contributed by atoms with Crippen molar-refractivity contribution in [2.75, 3.05) is 24.2 Å². The minimum atomic E-state index is -0.347. The van der Waals surface area contributed by atoms with Crippen molar-refractivity contribution >= 4 is 40.1 Å². The molecule has 8 heteroatoms. The number of hydrogen-bond acceptors (Lipinski definition) is 6. The summed E-state index contributed by atoms with van der Waals surface area (Å²) in [5, 5.41) is 13.0. The average molecular weight is 416 g/mol. The van der Waals surface area contributed by atoms with Crippen LogP contribution in [0.25, 0.3) is 0 Å². The van der Waals surface area contributed by atoms with Crippen molar-refractivity contribution in [2.45, 2.75) is 31.7 Å². The molecule has 1 aromatic carbocycles. The van der Waals surface area contributed by atoms with Crippen molar-refractivity contribution in [3.05, 3.63) is 45.8 Å². The van der Waals surface area contributed by atoms with Crippen molar-refractivity contribution in [1.29, 1.82) is 5.26 Å². The maximum Gasteiger partial charge on any atom is 0.410 e. The van der Waals surface area contributed by atoms with Crippen LogP contribution in [0.3, 0.4) is 0 Å². The van der Waals surface area contributed by atoms with Gasteiger partial charge in [0.05, 0.1) is 24.5 Å². The number of aryl methyl sites for hydroxylation is 1. The largest absolute Gasteiger partial charge is 0.450 e. The third-order valence-corrected chi connectivity index (χ3v) is 6.48. The van der Waals surface area contributed by atoms with Crippen LogP contribution in [-0.2, 0) is 22.5 Å². The monoisotopic (exact) mass is 415 g/mol. The Morgan fingerprint density at radius 1 is 1.36 bits per heavy atom. The molecule has 1 N–H and O–H groups in total. The Morgan fingerprint density at radius 3 is 2.79 bits per heavy atom. The van der Waals surface area contributed by atoms with E-state index < -0.39 is 0 Å². The Bertz CT molecular complexity index is 916. The summed E-state index contributed by atoms with van der Waals surface area (Å²) in [6.07, 6.45) is 0.238. The number of carbonyl (C=O) groups is 2. The van der Waals surface area contributed by atoms with E-state index in [4.69, 9.17) is 4.74 Å². The van der Waals surface area contributed by atoms with Gasteiger partial charge in [0.15, 0.2) is 0 Å². The van der Waals surface area contributed by atoms with Crippen LogP contribution >= 0.6 is 23.1 Å². The quantitative estimate of drug-likeness (QED) is 0.741. The van der Waals surface area contributed by atoms with Gasteiger partial charge in [0, 0.05) is 16.3 Å². The zero-order chi connectivity index (χ0) is 20.1. The molecule has 0 radical (unpaired) electrons. The lowest BCUT2D eigenvalue weighted by molar-refractivity contribution is -0.113. The third-order valence-electron chi connectivity index (χ3n) is 4.34. The average Bonchev–Trinajstić information content (AvgIpc) is 3.03. The van der Waals surface area contributed by atoms with Crippen LogP contribution in [0.1, 0.15) is 28.5 Å². The fraction of sp³-hybridized carbons (Fsp3) is 0.350. The molecule has 2 heterocycles. The van der Waals surface area contributed by atoms with Gasteiger partial charge in [-0.25, -0.2) is 4.79 Å². The lowest BCUT2D eigenvalue weighted by Gasteiger charge is -2.25. The molecular weight excluding hydrogens is 394 g/mol. The SMILES string of the molecule is CCOC(=O)N1CCc2c(sc(NC(=O)CSc3ccc(C)cc3)c2C#N)C1. The Hall–Kier alpha value is -2.50. The van der Waals surface area contributed by atoms with Gasteiger partial charge in [0.25, 0.3) is 0 Å². The minimum Gasteiger partial charge on any atom is -0.450 e. The summed E-state index contributed by atoms with van der Waals surface area (Å²) in [7, 11) is 0. The fourth-order valence-electron chi connectivity index (χ4n) is 2.93. The van der Waals surface area contributed by atoms with Gasteiger partial charge < -0.3 is 15.0 Å². The highest BCUT2D eigenvalue weighted by Crippen LogP contribution is 2.37. The molecule has 0 fully saturated rings. The van der Waals surface area contributed by atoms with E-state index in [9.17, 15) is 14.9 Å². The fourth-order valence-corrected chi connectivity index (χ4v) is 4.85. The molecule has 2 amide bonds. The second-order valence-corrected chi connectivity index (χ2v) is 8.49. The Balaban J connectivity index is 1.66. The minimum absolute atomic E-state index is 0.150. The summed E-state index contributed by atoms with van der Waals surface area (Å²) in [4.78, 5) is 27.9. The van der Waals surface area contributed by atoms with Crippen LogP contribution in [0.2, 0.25) is 0 Å². The summed E-state index contributed by atoms with van der Waals surface area (Å²) in [6.45, 7) is 5.03. The Kier molecular flexibility index (Phi) is 6.60. The molecule has 28 heavy (non-hydrogen) atoms. The number of hydrogen-bond donors (Lipinski definition) is 1. The molecule has 0 saturated heterocycles. The van der Waals surface area contributed by atoms with Gasteiger partial charge in [-0.15, -0.1) is 23.1 Å². The van der Waals surface area contributed by atoms with Gasteiger partial charge in [-0.1, -0.05) is 17.7 Å². The number of anilines is 1. The number of rotatable bonds is 5. The van der Waals surface area contributed by atoms with Crippen LogP contribution in [0.4, 0.5) is 9.80 Å². The molecule has 6 nitrogen and oxygen atoms in total. The first-order valence-corrected chi connectivity index (χ1v) is 10.8. The number of thiophene rings is 1. The highest BCUT2D eigenvalue weighted by molar-refractivity contribution is 8.00. The first-order valence-electron chi connectivity index (χ1n) is 8.97. The Morgan fingerprint density at radius 2 is 2.11 bits per heavy atom. The smallest absolute Gasteiger partial charge is 0.410 e. The summed E-state index contributed by atoms with van der Waals surface area (Å²) in [5.41, 5.74) is 2.61. The molecule has 0 atom stereocenters. The van der Waals surface area contributed by atoms with Crippen molar-refractivity contribution < 1.29 is 14.3 Å². The van der Waals surface area contributed by atoms with Gasteiger partial charge in [-0.3, -0.25) is 4.79 Å². The van der Waals surface area contributed by atoms with Crippen molar-refractivity contribution in [3.8, 4) is 6.07 Å². The third kappa shape index (κ3) is 4.66. The zero-order valence-electron chi connectivity index (χ0n) is 15.8. The summed E-state index contributed by atoms with van der Waals surface area (Å²) in [6, 6.07) is 10.2. The molecule has 0 saturated carbocycles. The van der Waals surface area contributed by atoms with E-state index in [2.05, 4.69) is 11.4 Å². The highest BCUT2D eigenvalue weighted by atomic mass is 32.2. The summed E-state index contributed by atoms with van der Waals surface area (Å²) in [5.74, 6) is 0.119. The van der Waals surface area contributed by atoms with E-state index in [1.165, 1.54) is 28.7 Å². The van der Waals surface area contributed by atoms with E-state index >= 15 is 0 Å². The molecule has 0 spiro atoms. The van der Waals surface area contributed by atoms with Crippen LogP contribution < -0.4 is 5.32 Å². The van der Waals surface area contributed by atoms with E-state index in [1.807, 2.05) is 31.2 Å². The van der Waals surface area contributed by atoms with Crippen molar-refractivity contribution in [1.82, 2.24) is 4.90 Å². The first-order chi connectivity index (χ1) is 13.5. The molecule has 1 aliphatic rings. The number of thioether (sulfide) groups is 1. The second kappa shape index (κ2) is 9.13. The predicted molar refractivity (Wildman–Crippen MR) is 111 cm³/mol. The number of fused-ring (bicyclic) bond motifs is 1. The van der Waals surface area contributed by atoms with Crippen LogP contribution in [0.15, 0.2) is 29.2 Å². The van der Waals surface area contributed by atoms with Crippen molar-refractivity contribution in [2.24, 2.45) is 0 Å². The number of ether oxygens (including phenoxy) is 1. The molecule has 0 unspecified atom stereocenters. The lowest BCUT2D eigenvalue weighted by atomic mass is 10.0.